The van der Waals surface area contributed by atoms with Crippen LogP contribution in [0, 0.1) is 0 Å². The Labute approximate surface area is 167 Å². The van der Waals surface area contributed by atoms with Crippen LogP contribution in [0.25, 0.3) is 11.3 Å². The number of hydrogen-bond acceptors (Lipinski definition) is 3. The second kappa shape index (κ2) is 7.67. The van der Waals surface area contributed by atoms with Crippen molar-refractivity contribution < 1.29 is 4.79 Å². The molecular weight excluding hydrogens is 381 g/mol. The highest BCUT2D eigenvalue weighted by molar-refractivity contribution is 6.44. The van der Waals surface area contributed by atoms with Gasteiger partial charge in [-0.05, 0) is 43.9 Å². The summed E-state index contributed by atoms with van der Waals surface area (Å²) in [5.74, 6) is -0.252. The molecule has 1 aliphatic carbocycles. The van der Waals surface area contributed by atoms with Crippen molar-refractivity contribution in [2.24, 2.45) is 0 Å². The Hall–Kier alpha value is -2.43. The fourth-order valence-electron chi connectivity index (χ4n) is 3.43. The zero-order valence-electron chi connectivity index (χ0n) is 14.5. The molecule has 0 spiro atoms. The number of fused-ring (bicyclic) bond motifs is 1. The van der Waals surface area contributed by atoms with E-state index >= 15 is 0 Å². The molecule has 0 unspecified atom stereocenters. The molecule has 3 aromatic rings. The molecule has 0 fully saturated rings. The number of rotatable bonds is 3. The molecule has 1 N–H and O–H groups in total. The lowest BCUT2D eigenvalue weighted by Crippen LogP contribution is -2.15. The van der Waals surface area contributed by atoms with Crippen molar-refractivity contribution in [1.82, 2.24) is 9.97 Å². The van der Waals surface area contributed by atoms with E-state index in [0.29, 0.717) is 21.3 Å². The minimum atomic E-state index is -0.252. The lowest BCUT2D eigenvalue weighted by Gasteiger charge is -2.19. The van der Waals surface area contributed by atoms with Gasteiger partial charge in [0.15, 0.2) is 0 Å². The van der Waals surface area contributed by atoms with Crippen LogP contribution in [0.4, 0.5) is 5.69 Å². The van der Waals surface area contributed by atoms with Crippen LogP contribution in [0.5, 0.6) is 0 Å². The third kappa shape index (κ3) is 3.55. The van der Waals surface area contributed by atoms with Crippen LogP contribution < -0.4 is 5.32 Å². The van der Waals surface area contributed by atoms with Gasteiger partial charge < -0.3 is 5.32 Å². The highest BCUT2D eigenvalue weighted by atomic mass is 35.5. The molecule has 136 valence electrons. The zero-order valence-corrected chi connectivity index (χ0v) is 16.0. The Bertz CT molecular complexity index is 1020. The lowest BCUT2D eigenvalue weighted by atomic mass is 9.91. The standard InChI is InChI=1S/C21H17Cl2N3O/c22-16-9-5-11-18(19(16)23)26-21(27)14-7-2-1-6-13(14)20-15-8-3-4-10-17(15)24-12-25-20/h1-2,5-7,9,11-12H,3-4,8,10H2,(H,26,27). The summed E-state index contributed by atoms with van der Waals surface area (Å²) in [4.78, 5) is 21.9. The Kier molecular flexibility index (Phi) is 5.10. The van der Waals surface area contributed by atoms with Crippen LogP contribution in [0.1, 0.15) is 34.5 Å². The van der Waals surface area contributed by atoms with E-state index in [-0.39, 0.29) is 5.91 Å². The minimum absolute atomic E-state index is 0.252. The van der Waals surface area contributed by atoms with E-state index in [0.717, 1.165) is 48.2 Å². The normalized spacial score (nSPS) is 13.1. The number of carbonyl (C=O) groups excluding carboxylic acids is 1. The van der Waals surface area contributed by atoms with E-state index < -0.39 is 0 Å². The first-order valence-electron chi connectivity index (χ1n) is 8.82. The van der Waals surface area contributed by atoms with E-state index in [4.69, 9.17) is 23.2 Å². The van der Waals surface area contributed by atoms with Crippen molar-refractivity contribution in [3.63, 3.8) is 0 Å². The van der Waals surface area contributed by atoms with Crippen LogP contribution >= 0.6 is 23.2 Å². The van der Waals surface area contributed by atoms with Gasteiger partial charge in [0, 0.05) is 22.4 Å². The van der Waals surface area contributed by atoms with E-state index in [2.05, 4.69) is 15.3 Å². The number of benzene rings is 2. The molecule has 0 saturated heterocycles. The van der Waals surface area contributed by atoms with Gasteiger partial charge in [-0.25, -0.2) is 9.97 Å². The number of nitrogens with zero attached hydrogens (tertiary/aromatic N) is 2. The smallest absolute Gasteiger partial charge is 0.256 e. The third-order valence-corrected chi connectivity index (χ3v) is 5.57. The van der Waals surface area contributed by atoms with E-state index in [1.165, 1.54) is 0 Å². The molecule has 0 aliphatic heterocycles. The van der Waals surface area contributed by atoms with E-state index in [1.807, 2.05) is 18.2 Å². The number of anilines is 1. The van der Waals surface area contributed by atoms with Gasteiger partial charge in [-0.2, -0.15) is 0 Å². The molecule has 2 aromatic carbocycles. The second-order valence-corrected chi connectivity index (χ2v) is 7.24. The molecule has 1 aromatic heterocycles. The zero-order chi connectivity index (χ0) is 18.8. The summed E-state index contributed by atoms with van der Waals surface area (Å²) < 4.78 is 0. The monoisotopic (exact) mass is 397 g/mol. The average Bonchev–Trinajstić information content (AvgIpc) is 2.71. The van der Waals surface area contributed by atoms with Crippen molar-refractivity contribution in [3.8, 4) is 11.3 Å². The number of aromatic nitrogens is 2. The maximum Gasteiger partial charge on any atom is 0.256 e. The Morgan fingerprint density at radius 1 is 0.963 bits per heavy atom. The lowest BCUT2D eigenvalue weighted by molar-refractivity contribution is 0.102. The predicted octanol–water partition coefficient (Wildman–Crippen LogP) is 5.58. The quantitative estimate of drug-likeness (QED) is 0.627. The fourth-order valence-corrected chi connectivity index (χ4v) is 3.78. The molecule has 1 heterocycles. The van der Waals surface area contributed by atoms with Gasteiger partial charge in [-0.15, -0.1) is 0 Å². The predicted molar refractivity (Wildman–Crippen MR) is 109 cm³/mol. The van der Waals surface area contributed by atoms with Gasteiger partial charge in [-0.1, -0.05) is 47.5 Å². The second-order valence-electron chi connectivity index (χ2n) is 6.46. The topological polar surface area (TPSA) is 54.9 Å². The number of halogens is 2. The summed E-state index contributed by atoms with van der Waals surface area (Å²) in [6, 6.07) is 12.6. The van der Waals surface area contributed by atoms with Crippen LogP contribution in [-0.4, -0.2) is 15.9 Å². The molecule has 4 nitrogen and oxygen atoms in total. The highest BCUT2D eigenvalue weighted by Gasteiger charge is 2.21. The van der Waals surface area contributed by atoms with Crippen LogP contribution in [-0.2, 0) is 12.8 Å². The maximum absolute atomic E-state index is 13.0. The first-order valence-corrected chi connectivity index (χ1v) is 9.58. The van der Waals surface area contributed by atoms with Gasteiger partial charge in [0.1, 0.15) is 6.33 Å². The summed E-state index contributed by atoms with van der Waals surface area (Å²) in [7, 11) is 0. The molecule has 6 heteroatoms. The van der Waals surface area contributed by atoms with Gasteiger partial charge in [0.05, 0.1) is 21.4 Å². The number of carbonyl (C=O) groups is 1. The first-order chi connectivity index (χ1) is 13.1. The van der Waals surface area contributed by atoms with Crippen molar-refractivity contribution >= 4 is 34.8 Å². The van der Waals surface area contributed by atoms with Crippen molar-refractivity contribution in [2.45, 2.75) is 25.7 Å². The molecule has 1 amide bonds. The Balaban J connectivity index is 1.74. The van der Waals surface area contributed by atoms with Crippen molar-refractivity contribution in [2.75, 3.05) is 5.32 Å². The first kappa shape index (κ1) is 18.0. The summed E-state index contributed by atoms with van der Waals surface area (Å²) in [5.41, 5.74) is 4.88. The summed E-state index contributed by atoms with van der Waals surface area (Å²) in [5, 5.41) is 3.58. The van der Waals surface area contributed by atoms with Crippen molar-refractivity contribution in [3.05, 3.63) is 75.7 Å². The van der Waals surface area contributed by atoms with Crippen molar-refractivity contribution in [1.29, 1.82) is 0 Å². The molecular formula is C21H17Cl2N3O. The Morgan fingerprint density at radius 3 is 2.67 bits per heavy atom. The molecule has 0 bridgehead atoms. The molecule has 0 radical (unpaired) electrons. The third-order valence-electron chi connectivity index (χ3n) is 4.75. The van der Waals surface area contributed by atoms with Crippen LogP contribution in [0.3, 0.4) is 0 Å². The summed E-state index contributed by atoms with van der Waals surface area (Å²) in [6.45, 7) is 0. The fraction of sp³-hybridized carbons (Fsp3) is 0.190. The molecule has 0 atom stereocenters. The highest BCUT2D eigenvalue weighted by Crippen LogP contribution is 2.33. The number of amides is 1. The number of hydrogen-bond donors (Lipinski definition) is 1. The Morgan fingerprint density at radius 2 is 1.78 bits per heavy atom. The number of aryl methyl sites for hydroxylation is 1. The SMILES string of the molecule is O=C(Nc1cccc(Cl)c1Cl)c1ccccc1-c1ncnc2c1CCCC2. The molecule has 4 rings (SSSR count). The van der Waals surface area contributed by atoms with E-state index in [1.54, 1.807) is 30.6 Å². The largest absolute Gasteiger partial charge is 0.321 e. The summed E-state index contributed by atoms with van der Waals surface area (Å²) >= 11 is 12.3. The van der Waals surface area contributed by atoms with Gasteiger partial charge in [0.2, 0.25) is 0 Å². The van der Waals surface area contributed by atoms with Gasteiger partial charge in [0.25, 0.3) is 5.91 Å². The molecule has 0 saturated carbocycles. The van der Waals surface area contributed by atoms with Crippen LogP contribution in [0.15, 0.2) is 48.8 Å². The molecule has 27 heavy (non-hydrogen) atoms. The molecule has 1 aliphatic rings. The van der Waals surface area contributed by atoms with E-state index in [9.17, 15) is 4.79 Å². The average molecular weight is 398 g/mol. The van der Waals surface area contributed by atoms with Gasteiger partial charge >= 0.3 is 0 Å². The number of nitrogens with one attached hydrogen (secondary N) is 1. The van der Waals surface area contributed by atoms with Crippen LogP contribution in [0.2, 0.25) is 10.0 Å². The summed E-state index contributed by atoms with van der Waals surface area (Å²) in [6.07, 6.45) is 5.72. The maximum atomic E-state index is 13.0. The van der Waals surface area contributed by atoms with Gasteiger partial charge in [-0.3, -0.25) is 4.79 Å². The minimum Gasteiger partial charge on any atom is -0.321 e.